The van der Waals surface area contributed by atoms with Crippen LogP contribution in [-0.4, -0.2) is 24.5 Å². The second kappa shape index (κ2) is 11.0. The smallest absolute Gasteiger partial charge is 0.217 e. The Morgan fingerprint density at radius 1 is 1.22 bits per heavy atom. The van der Waals surface area contributed by atoms with Crippen LogP contribution in [0.25, 0.3) is 11.3 Å². The molecule has 0 radical (unpaired) electrons. The number of carbonyl (C=O) groups excluding carboxylic acids is 1. The van der Waals surface area contributed by atoms with Crippen LogP contribution < -0.4 is 11.1 Å². The molecule has 1 unspecified atom stereocenters. The van der Waals surface area contributed by atoms with Crippen molar-refractivity contribution in [3.05, 3.63) is 83.2 Å². The van der Waals surface area contributed by atoms with Crippen LogP contribution in [0.4, 0.5) is 10.2 Å². The highest BCUT2D eigenvalue weighted by Gasteiger charge is 2.19. The molecule has 32 heavy (non-hydrogen) atoms. The number of nitrogens with zero attached hydrogens (tertiary/aromatic N) is 2. The highest BCUT2D eigenvalue weighted by Crippen LogP contribution is 2.31. The van der Waals surface area contributed by atoms with Crippen LogP contribution in [-0.2, 0) is 16.0 Å². The molecule has 1 heterocycles. The van der Waals surface area contributed by atoms with Crippen molar-refractivity contribution in [1.29, 1.82) is 5.26 Å². The summed E-state index contributed by atoms with van der Waals surface area (Å²) in [7, 11) is 1.57. The number of aromatic nitrogens is 1. The molecular weight excluding hydrogens is 407 g/mol. The molecule has 164 valence electrons. The van der Waals surface area contributed by atoms with Crippen LogP contribution in [0.5, 0.6) is 0 Å². The summed E-state index contributed by atoms with van der Waals surface area (Å²) >= 11 is 0. The summed E-state index contributed by atoms with van der Waals surface area (Å²) in [5.74, 6) is -0.0922. The van der Waals surface area contributed by atoms with Crippen LogP contribution in [0.2, 0.25) is 0 Å². The lowest BCUT2D eigenvalue weighted by Gasteiger charge is -2.20. The number of hydrogen-bond acceptors (Lipinski definition) is 5. The number of ether oxygens (including phenoxy) is 1. The molecule has 2 aromatic carbocycles. The number of pyridine rings is 1. The third kappa shape index (κ3) is 5.90. The molecule has 0 saturated carbocycles. The predicted octanol–water partition coefficient (Wildman–Crippen LogP) is 4.37. The molecule has 0 spiro atoms. The first-order valence-electron chi connectivity index (χ1n) is 10.3. The van der Waals surface area contributed by atoms with Gasteiger partial charge in [0.25, 0.3) is 0 Å². The zero-order valence-electron chi connectivity index (χ0n) is 17.8. The van der Waals surface area contributed by atoms with Crippen molar-refractivity contribution < 1.29 is 13.9 Å². The van der Waals surface area contributed by atoms with Crippen molar-refractivity contribution in [3.63, 3.8) is 0 Å². The van der Waals surface area contributed by atoms with Crippen LogP contribution >= 0.6 is 0 Å². The number of amides is 1. The molecule has 7 heteroatoms. The maximum absolute atomic E-state index is 13.5. The van der Waals surface area contributed by atoms with Gasteiger partial charge in [0.05, 0.1) is 23.4 Å². The molecule has 0 aliphatic carbocycles. The minimum absolute atomic E-state index is 0.181. The topological polar surface area (TPSA) is 101 Å². The quantitative estimate of drug-likeness (QED) is 0.495. The van der Waals surface area contributed by atoms with E-state index in [-0.39, 0.29) is 18.3 Å². The number of nitrogens with one attached hydrogen (secondary N) is 1. The monoisotopic (exact) mass is 432 g/mol. The van der Waals surface area contributed by atoms with Gasteiger partial charge in [-0.25, -0.2) is 9.37 Å². The third-order valence-corrected chi connectivity index (χ3v) is 5.13. The number of rotatable bonds is 10. The van der Waals surface area contributed by atoms with E-state index in [2.05, 4.69) is 11.4 Å². The Kier molecular flexibility index (Phi) is 7.90. The van der Waals surface area contributed by atoms with E-state index in [9.17, 15) is 14.4 Å². The summed E-state index contributed by atoms with van der Waals surface area (Å²) in [4.78, 5) is 16.0. The van der Waals surface area contributed by atoms with Gasteiger partial charge in [0, 0.05) is 31.2 Å². The van der Waals surface area contributed by atoms with Crippen molar-refractivity contribution in [2.75, 3.05) is 19.0 Å². The average Bonchev–Trinajstić information content (AvgIpc) is 2.80. The standard InChI is InChI=1S/C25H25FN4O2/c1-32-23(11-12-24(28)31)21-9-10-22(20-8-3-2-6-18(20)16-27)30-25(21)29-14-13-17-5-4-7-19(26)15-17/h2-10,15,23H,11-14H2,1H3,(H2,28,31)(H,29,30). The molecule has 0 bridgehead atoms. The molecule has 0 saturated heterocycles. The number of carbonyl (C=O) groups is 1. The first kappa shape index (κ1) is 22.9. The largest absolute Gasteiger partial charge is 0.377 e. The molecule has 3 N–H and O–H groups in total. The van der Waals surface area contributed by atoms with E-state index in [4.69, 9.17) is 15.5 Å². The molecule has 0 aliphatic heterocycles. The summed E-state index contributed by atoms with van der Waals surface area (Å²) in [6.45, 7) is 0.513. The molecule has 1 atom stereocenters. The van der Waals surface area contributed by atoms with Crippen molar-refractivity contribution in [2.45, 2.75) is 25.4 Å². The van der Waals surface area contributed by atoms with Gasteiger partial charge in [0.15, 0.2) is 0 Å². The van der Waals surface area contributed by atoms with Gasteiger partial charge in [0.1, 0.15) is 11.6 Å². The number of methoxy groups -OCH3 is 1. The van der Waals surface area contributed by atoms with E-state index in [1.54, 1.807) is 25.3 Å². The predicted molar refractivity (Wildman–Crippen MR) is 121 cm³/mol. The highest BCUT2D eigenvalue weighted by molar-refractivity contribution is 5.74. The van der Waals surface area contributed by atoms with Gasteiger partial charge in [-0.15, -0.1) is 0 Å². The van der Waals surface area contributed by atoms with E-state index in [1.165, 1.54) is 12.1 Å². The number of primary amides is 1. The molecule has 0 aliphatic rings. The lowest BCUT2D eigenvalue weighted by molar-refractivity contribution is -0.118. The van der Waals surface area contributed by atoms with Crippen molar-refractivity contribution in [2.24, 2.45) is 5.73 Å². The fraction of sp³-hybridized carbons (Fsp3) is 0.240. The fourth-order valence-electron chi connectivity index (χ4n) is 3.52. The molecule has 1 aromatic heterocycles. The first-order valence-corrected chi connectivity index (χ1v) is 10.3. The molecule has 1 amide bonds. The number of nitriles is 1. The highest BCUT2D eigenvalue weighted by atomic mass is 19.1. The van der Waals surface area contributed by atoms with Crippen LogP contribution in [0.15, 0.2) is 60.7 Å². The number of nitrogens with two attached hydrogens (primary N) is 1. The van der Waals surface area contributed by atoms with Gasteiger partial charge in [-0.3, -0.25) is 4.79 Å². The second-order valence-corrected chi connectivity index (χ2v) is 7.33. The number of halogens is 1. The maximum atomic E-state index is 13.5. The first-order chi connectivity index (χ1) is 15.5. The van der Waals surface area contributed by atoms with Crippen LogP contribution in [0.1, 0.15) is 35.6 Å². The number of hydrogen-bond donors (Lipinski definition) is 2. The Morgan fingerprint density at radius 3 is 2.75 bits per heavy atom. The van der Waals surface area contributed by atoms with Gasteiger partial charge in [0.2, 0.25) is 5.91 Å². The van der Waals surface area contributed by atoms with Crippen LogP contribution in [0.3, 0.4) is 0 Å². The zero-order chi connectivity index (χ0) is 22.9. The lowest BCUT2D eigenvalue weighted by atomic mass is 10.0. The Labute approximate surface area is 186 Å². The van der Waals surface area contributed by atoms with Gasteiger partial charge in [-0.05, 0) is 42.7 Å². The van der Waals surface area contributed by atoms with E-state index < -0.39 is 5.91 Å². The summed E-state index contributed by atoms with van der Waals surface area (Å²) in [5, 5.41) is 12.8. The number of anilines is 1. The lowest BCUT2D eigenvalue weighted by Crippen LogP contribution is -2.15. The maximum Gasteiger partial charge on any atom is 0.217 e. The van der Waals surface area contributed by atoms with Crippen molar-refractivity contribution in [3.8, 4) is 17.3 Å². The van der Waals surface area contributed by atoms with E-state index in [1.807, 2.05) is 30.3 Å². The van der Waals surface area contributed by atoms with Gasteiger partial charge in [-0.1, -0.05) is 36.4 Å². The minimum atomic E-state index is -0.403. The number of benzene rings is 2. The van der Waals surface area contributed by atoms with E-state index in [0.29, 0.717) is 36.5 Å². The van der Waals surface area contributed by atoms with Gasteiger partial charge >= 0.3 is 0 Å². The summed E-state index contributed by atoms with van der Waals surface area (Å²) < 4.78 is 19.1. The third-order valence-electron chi connectivity index (χ3n) is 5.13. The SMILES string of the molecule is COC(CCC(N)=O)c1ccc(-c2ccccc2C#N)nc1NCCc1cccc(F)c1. The van der Waals surface area contributed by atoms with E-state index >= 15 is 0 Å². The molecule has 3 rings (SSSR count). The van der Waals surface area contributed by atoms with Crippen LogP contribution in [0, 0.1) is 17.1 Å². The minimum Gasteiger partial charge on any atom is -0.377 e. The van der Waals surface area contributed by atoms with Crippen molar-refractivity contribution in [1.82, 2.24) is 4.98 Å². The Morgan fingerprint density at radius 2 is 2.03 bits per heavy atom. The average molecular weight is 432 g/mol. The Balaban J connectivity index is 1.91. The molecule has 6 nitrogen and oxygen atoms in total. The van der Waals surface area contributed by atoms with Gasteiger partial charge < -0.3 is 15.8 Å². The second-order valence-electron chi connectivity index (χ2n) is 7.33. The Hall–Kier alpha value is -3.76. The van der Waals surface area contributed by atoms with E-state index in [0.717, 1.165) is 16.7 Å². The van der Waals surface area contributed by atoms with Gasteiger partial charge in [-0.2, -0.15) is 5.26 Å². The summed E-state index contributed by atoms with van der Waals surface area (Å²) in [6, 6.07) is 19.6. The summed E-state index contributed by atoms with van der Waals surface area (Å²) in [6.07, 6.45) is 0.809. The Bertz CT molecular complexity index is 1130. The van der Waals surface area contributed by atoms with Crippen molar-refractivity contribution >= 4 is 11.7 Å². The molecule has 3 aromatic rings. The molecular formula is C25H25FN4O2. The molecule has 0 fully saturated rings. The zero-order valence-corrected chi connectivity index (χ0v) is 17.8. The fourth-order valence-corrected chi connectivity index (χ4v) is 3.52. The normalized spacial score (nSPS) is 11.5. The summed E-state index contributed by atoms with van der Waals surface area (Å²) in [5.41, 5.74) is 8.85.